The standard InChI is InChI=1S/C17H14BrFO3/c1-21-12-5-6-13(17(10-12)22-2)16(20)8-4-11-3-7-15(19)14(18)9-11/h3-10H,1-2H3/b8-4+. The molecule has 0 radical (unpaired) electrons. The number of methoxy groups -OCH3 is 2. The van der Waals surface area contributed by atoms with Gasteiger partial charge < -0.3 is 9.47 Å². The number of benzene rings is 2. The second kappa shape index (κ2) is 7.22. The minimum absolute atomic E-state index is 0.208. The van der Waals surface area contributed by atoms with Gasteiger partial charge in [-0.1, -0.05) is 12.1 Å². The molecule has 5 heteroatoms. The fourth-order valence-corrected chi connectivity index (χ4v) is 2.28. The Kier molecular flexibility index (Phi) is 5.33. The molecular formula is C17H14BrFO3. The molecule has 0 saturated carbocycles. The molecule has 0 aliphatic heterocycles. The van der Waals surface area contributed by atoms with E-state index in [1.165, 1.54) is 19.3 Å². The van der Waals surface area contributed by atoms with Crippen LogP contribution in [0.25, 0.3) is 6.08 Å². The second-order valence-electron chi connectivity index (χ2n) is 4.44. The Hall–Kier alpha value is -2.14. The van der Waals surface area contributed by atoms with Crippen molar-refractivity contribution in [3.63, 3.8) is 0 Å². The van der Waals surface area contributed by atoms with Crippen molar-refractivity contribution in [2.24, 2.45) is 0 Å². The third-order valence-corrected chi connectivity index (χ3v) is 3.65. The molecule has 2 aromatic rings. The second-order valence-corrected chi connectivity index (χ2v) is 5.29. The van der Waals surface area contributed by atoms with Crippen LogP contribution in [0.3, 0.4) is 0 Å². The maximum absolute atomic E-state index is 13.2. The lowest BCUT2D eigenvalue weighted by Crippen LogP contribution is -1.99. The summed E-state index contributed by atoms with van der Waals surface area (Å²) in [5.41, 5.74) is 1.15. The Morgan fingerprint density at radius 1 is 1.14 bits per heavy atom. The summed E-state index contributed by atoms with van der Waals surface area (Å²) in [6.07, 6.45) is 3.04. The highest BCUT2D eigenvalue weighted by molar-refractivity contribution is 9.10. The van der Waals surface area contributed by atoms with Crippen LogP contribution in [0.4, 0.5) is 4.39 Å². The van der Waals surface area contributed by atoms with Crippen molar-refractivity contribution in [1.82, 2.24) is 0 Å². The molecule has 0 amide bonds. The monoisotopic (exact) mass is 364 g/mol. The summed E-state index contributed by atoms with van der Waals surface area (Å²) in [5, 5.41) is 0. The molecule has 3 nitrogen and oxygen atoms in total. The smallest absolute Gasteiger partial charge is 0.189 e. The van der Waals surface area contributed by atoms with E-state index in [4.69, 9.17) is 9.47 Å². The lowest BCUT2D eigenvalue weighted by molar-refractivity contribution is 0.104. The first kappa shape index (κ1) is 16.2. The zero-order chi connectivity index (χ0) is 16.1. The number of hydrogen-bond acceptors (Lipinski definition) is 3. The summed E-state index contributed by atoms with van der Waals surface area (Å²) >= 11 is 3.11. The van der Waals surface area contributed by atoms with Crippen molar-refractivity contribution in [3.05, 3.63) is 63.9 Å². The minimum Gasteiger partial charge on any atom is -0.497 e. The molecule has 0 fully saturated rings. The Balaban J connectivity index is 2.24. The summed E-state index contributed by atoms with van der Waals surface area (Å²) < 4.78 is 23.8. The van der Waals surface area contributed by atoms with Crippen molar-refractivity contribution < 1.29 is 18.7 Å². The highest BCUT2D eigenvalue weighted by Crippen LogP contribution is 2.25. The number of ether oxygens (including phenoxy) is 2. The molecule has 0 heterocycles. The Labute approximate surface area is 136 Å². The Morgan fingerprint density at radius 2 is 1.91 bits per heavy atom. The van der Waals surface area contributed by atoms with Crippen molar-refractivity contribution in [2.75, 3.05) is 14.2 Å². The van der Waals surface area contributed by atoms with E-state index in [0.29, 0.717) is 27.1 Å². The molecule has 114 valence electrons. The van der Waals surface area contributed by atoms with Gasteiger partial charge in [0, 0.05) is 6.07 Å². The highest BCUT2D eigenvalue weighted by Gasteiger charge is 2.10. The number of carbonyl (C=O) groups excluding carboxylic acids is 1. The van der Waals surface area contributed by atoms with E-state index in [1.54, 1.807) is 43.5 Å². The van der Waals surface area contributed by atoms with Gasteiger partial charge in [-0.2, -0.15) is 0 Å². The lowest BCUT2D eigenvalue weighted by Gasteiger charge is -2.07. The van der Waals surface area contributed by atoms with E-state index in [9.17, 15) is 9.18 Å². The average molecular weight is 365 g/mol. The number of rotatable bonds is 5. The van der Waals surface area contributed by atoms with Crippen LogP contribution in [0.1, 0.15) is 15.9 Å². The van der Waals surface area contributed by atoms with Crippen LogP contribution in [0.15, 0.2) is 46.9 Å². The normalized spacial score (nSPS) is 10.7. The number of ketones is 1. The number of halogens is 2. The largest absolute Gasteiger partial charge is 0.497 e. The third kappa shape index (κ3) is 3.74. The van der Waals surface area contributed by atoms with Crippen LogP contribution >= 0.6 is 15.9 Å². The predicted molar refractivity (Wildman–Crippen MR) is 87.0 cm³/mol. The Bertz CT molecular complexity index is 726. The molecule has 0 aromatic heterocycles. The van der Waals surface area contributed by atoms with Crippen LogP contribution in [0.2, 0.25) is 0 Å². The summed E-state index contributed by atoms with van der Waals surface area (Å²) in [4.78, 5) is 12.3. The summed E-state index contributed by atoms with van der Waals surface area (Å²) in [6.45, 7) is 0. The van der Waals surface area contributed by atoms with Gasteiger partial charge in [0.25, 0.3) is 0 Å². The molecule has 2 rings (SSSR count). The van der Waals surface area contributed by atoms with Gasteiger partial charge in [-0.15, -0.1) is 0 Å². The number of allylic oxidation sites excluding steroid dienone is 1. The van der Waals surface area contributed by atoms with Crippen LogP contribution < -0.4 is 9.47 Å². The van der Waals surface area contributed by atoms with Crippen LogP contribution in [0.5, 0.6) is 11.5 Å². The predicted octanol–water partition coefficient (Wildman–Crippen LogP) is 4.50. The molecule has 0 saturated heterocycles. The molecule has 0 aliphatic carbocycles. The van der Waals surface area contributed by atoms with Gasteiger partial charge in [-0.25, -0.2) is 4.39 Å². The fourth-order valence-electron chi connectivity index (χ4n) is 1.88. The SMILES string of the molecule is COc1ccc(C(=O)/C=C/c2ccc(F)c(Br)c2)c(OC)c1. The first-order valence-corrected chi connectivity index (χ1v) is 7.24. The number of hydrogen-bond donors (Lipinski definition) is 0. The van der Waals surface area contributed by atoms with Crippen LogP contribution in [-0.2, 0) is 0 Å². The molecule has 0 spiro atoms. The fraction of sp³-hybridized carbons (Fsp3) is 0.118. The van der Waals surface area contributed by atoms with Gasteiger partial charge in [-0.3, -0.25) is 4.79 Å². The quantitative estimate of drug-likeness (QED) is 0.578. The van der Waals surface area contributed by atoms with Gasteiger partial charge in [-0.05, 0) is 51.8 Å². The first-order valence-electron chi connectivity index (χ1n) is 6.44. The Morgan fingerprint density at radius 3 is 2.55 bits per heavy atom. The minimum atomic E-state index is -0.347. The van der Waals surface area contributed by atoms with E-state index in [-0.39, 0.29) is 11.6 Å². The van der Waals surface area contributed by atoms with Gasteiger partial charge in [0.15, 0.2) is 5.78 Å². The van der Waals surface area contributed by atoms with E-state index in [2.05, 4.69) is 15.9 Å². The van der Waals surface area contributed by atoms with Crippen molar-refractivity contribution in [1.29, 1.82) is 0 Å². The topological polar surface area (TPSA) is 35.5 Å². The summed E-state index contributed by atoms with van der Waals surface area (Å²) in [7, 11) is 3.04. The average Bonchev–Trinajstić information content (AvgIpc) is 2.54. The number of carbonyl (C=O) groups is 1. The van der Waals surface area contributed by atoms with Crippen LogP contribution in [0, 0.1) is 5.82 Å². The molecular weight excluding hydrogens is 351 g/mol. The van der Waals surface area contributed by atoms with E-state index >= 15 is 0 Å². The van der Waals surface area contributed by atoms with Crippen LogP contribution in [-0.4, -0.2) is 20.0 Å². The summed E-state index contributed by atoms with van der Waals surface area (Å²) in [6, 6.07) is 9.51. The van der Waals surface area contributed by atoms with E-state index in [1.807, 2.05) is 0 Å². The van der Waals surface area contributed by atoms with Gasteiger partial charge >= 0.3 is 0 Å². The molecule has 0 N–H and O–H groups in total. The van der Waals surface area contributed by atoms with Crippen molar-refractivity contribution in [3.8, 4) is 11.5 Å². The zero-order valence-corrected chi connectivity index (χ0v) is 13.7. The third-order valence-electron chi connectivity index (χ3n) is 3.04. The van der Waals surface area contributed by atoms with Gasteiger partial charge in [0.2, 0.25) is 0 Å². The first-order chi connectivity index (χ1) is 10.5. The molecule has 0 aliphatic rings. The molecule has 0 unspecified atom stereocenters. The van der Waals surface area contributed by atoms with Crippen molar-refractivity contribution >= 4 is 27.8 Å². The van der Waals surface area contributed by atoms with E-state index < -0.39 is 0 Å². The lowest BCUT2D eigenvalue weighted by atomic mass is 10.1. The zero-order valence-electron chi connectivity index (χ0n) is 12.1. The highest BCUT2D eigenvalue weighted by atomic mass is 79.9. The van der Waals surface area contributed by atoms with E-state index in [0.717, 1.165) is 0 Å². The molecule has 2 aromatic carbocycles. The van der Waals surface area contributed by atoms with Gasteiger partial charge in [0.1, 0.15) is 17.3 Å². The van der Waals surface area contributed by atoms with Gasteiger partial charge in [0.05, 0.1) is 24.3 Å². The molecule has 0 atom stereocenters. The summed E-state index contributed by atoms with van der Waals surface area (Å²) in [5.74, 6) is 0.495. The molecule has 22 heavy (non-hydrogen) atoms. The maximum Gasteiger partial charge on any atom is 0.189 e. The molecule has 0 bridgehead atoms. The maximum atomic E-state index is 13.2. The van der Waals surface area contributed by atoms with Crippen molar-refractivity contribution in [2.45, 2.75) is 0 Å².